The van der Waals surface area contributed by atoms with Gasteiger partial charge in [0.2, 0.25) is 0 Å². The van der Waals surface area contributed by atoms with Crippen LogP contribution >= 0.6 is 0 Å². The second-order valence-corrected chi connectivity index (χ2v) is 12.6. The van der Waals surface area contributed by atoms with E-state index in [0.29, 0.717) is 6.42 Å². The predicted molar refractivity (Wildman–Crippen MR) is 165 cm³/mol. The Bertz CT molecular complexity index is 1220. The first-order valence-electron chi connectivity index (χ1n) is 15.9. The van der Waals surface area contributed by atoms with Crippen molar-refractivity contribution in [1.29, 1.82) is 0 Å². The van der Waals surface area contributed by atoms with Gasteiger partial charge in [0.05, 0.1) is 48.8 Å². The molecular weight excluding hydrogens is 618 g/mol. The number of carbonyl (C=O) groups excluding carboxylic acids is 1. The standard InChI is InChI=1S/C33H47NO13/c1-18-10-8-6-4-3-5-7-9-11-21(45-32-30(39)28(34)29(38)19(2)44-32)15-25-27(31(40)41)22(36)17-33(42,47-25)16-20(35)14-24-23(46-24)12-13-26(37)43-18/h3-9,11-13,18-25,27-30,32,35-36,38-39,42H,10,14-17,34H2,1-2H3,(H,40,41)/b4-3+,7-5+,8-6+,11-9+,13-12+/t18-,19?,20+,21+,22+,23-,24-,25+,27-,28?,29+,30?,32+,33-/m1/s1. The number of aliphatic hydroxyl groups excluding tert-OH is 4. The Labute approximate surface area is 273 Å². The minimum atomic E-state index is -2.10. The van der Waals surface area contributed by atoms with Gasteiger partial charge in [-0.1, -0.05) is 48.6 Å². The summed E-state index contributed by atoms with van der Waals surface area (Å²) in [5, 5.41) is 63.9. The average Bonchev–Trinajstić information content (AvgIpc) is 3.72. The highest BCUT2D eigenvalue weighted by Crippen LogP contribution is 2.39. The van der Waals surface area contributed by atoms with Gasteiger partial charge in [-0.3, -0.25) is 4.79 Å². The molecule has 0 saturated carbocycles. The number of carboxylic acids is 1. The Balaban J connectivity index is 1.58. The van der Waals surface area contributed by atoms with E-state index in [4.69, 9.17) is 29.4 Å². The fourth-order valence-corrected chi connectivity index (χ4v) is 6.00. The van der Waals surface area contributed by atoms with Gasteiger partial charge in [0, 0.05) is 38.2 Å². The zero-order valence-corrected chi connectivity index (χ0v) is 26.4. The number of cyclic esters (lactones) is 1. The molecule has 4 heterocycles. The molecule has 8 N–H and O–H groups in total. The Morgan fingerprint density at radius 2 is 1.64 bits per heavy atom. The maximum Gasteiger partial charge on any atom is 0.330 e. The molecule has 4 aliphatic heterocycles. The Kier molecular flexibility index (Phi) is 13.1. The van der Waals surface area contributed by atoms with Crippen LogP contribution in [0.5, 0.6) is 0 Å². The van der Waals surface area contributed by atoms with Crippen LogP contribution in [0.1, 0.15) is 46.0 Å². The van der Waals surface area contributed by atoms with Gasteiger partial charge in [0.25, 0.3) is 0 Å². The predicted octanol–water partition coefficient (Wildman–Crippen LogP) is 0.120. The van der Waals surface area contributed by atoms with Crippen molar-refractivity contribution in [2.45, 2.75) is 125 Å². The minimum absolute atomic E-state index is 0.0789. The van der Waals surface area contributed by atoms with Gasteiger partial charge in [-0.15, -0.1) is 0 Å². The van der Waals surface area contributed by atoms with E-state index in [2.05, 4.69) is 0 Å². The lowest BCUT2D eigenvalue weighted by molar-refractivity contribution is -0.308. The molecule has 0 spiro atoms. The SMILES string of the molecule is CC1O[C@@H](O[C@H]2/C=C/C=C/C=C/C=C/C[C@@H](C)OC(=O)/C=C/[C@H]3O[C@@H]3C[C@H](O)C[C@]3(O)C[C@H](O)[C@@H](C(=O)O)[C@H](C2)O3)C(O)C(N)[C@H]1O. The number of carbonyl (C=O) groups is 2. The van der Waals surface area contributed by atoms with Crippen molar-refractivity contribution in [3.63, 3.8) is 0 Å². The molecular formula is C33H47NO13. The number of allylic oxidation sites excluding steroid dienone is 6. The summed E-state index contributed by atoms with van der Waals surface area (Å²) in [5.41, 5.74) is 5.98. The normalized spacial score (nSPS) is 47.2. The molecule has 4 rings (SSSR count). The lowest BCUT2D eigenvalue weighted by atomic mass is 9.83. The molecule has 3 fully saturated rings. The second-order valence-electron chi connectivity index (χ2n) is 12.6. The fraction of sp³-hybridized carbons (Fsp3) is 0.636. The summed E-state index contributed by atoms with van der Waals surface area (Å²) in [6.07, 6.45) is 5.25. The molecule has 4 aliphatic rings. The number of nitrogens with two attached hydrogens (primary N) is 1. The van der Waals surface area contributed by atoms with Gasteiger partial charge in [-0.25, -0.2) is 4.79 Å². The van der Waals surface area contributed by atoms with Crippen molar-refractivity contribution in [2.24, 2.45) is 11.7 Å². The van der Waals surface area contributed by atoms with Crippen LogP contribution in [0.15, 0.2) is 60.8 Å². The number of aliphatic hydroxyl groups is 5. The van der Waals surface area contributed by atoms with Crippen molar-refractivity contribution in [3.05, 3.63) is 60.8 Å². The lowest BCUT2D eigenvalue weighted by Gasteiger charge is -2.45. The summed E-state index contributed by atoms with van der Waals surface area (Å²) in [7, 11) is 0. The van der Waals surface area contributed by atoms with E-state index in [-0.39, 0.29) is 25.4 Å². The van der Waals surface area contributed by atoms with E-state index in [9.17, 15) is 40.2 Å². The monoisotopic (exact) mass is 665 g/mol. The first kappa shape index (κ1) is 37.1. The zero-order chi connectivity index (χ0) is 34.3. The third kappa shape index (κ3) is 10.6. The molecule has 0 aromatic heterocycles. The minimum Gasteiger partial charge on any atom is -0.481 e. The van der Waals surface area contributed by atoms with Crippen LogP contribution in [-0.2, 0) is 33.3 Å². The number of carboxylic acid groups (broad SMARTS) is 1. The highest BCUT2D eigenvalue weighted by atomic mass is 16.7. The van der Waals surface area contributed by atoms with Gasteiger partial charge in [0.1, 0.15) is 24.2 Å². The van der Waals surface area contributed by atoms with Crippen LogP contribution in [0.2, 0.25) is 0 Å². The van der Waals surface area contributed by atoms with E-state index in [1.54, 1.807) is 56.4 Å². The summed E-state index contributed by atoms with van der Waals surface area (Å²) in [6.45, 7) is 3.34. The van der Waals surface area contributed by atoms with Gasteiger partial charge >= 0.3 is 11.9 Å². The van der Waals surface area contributed by atoms with Crippen LogP contribution in [0.3, 0.4) is 0 Å². The van der Waals surface area contributed by atoms with E-state index in [1.165, 1.54) is 12.2 Å². The number of epoxide rings is 1. The third-order valence-electron chi connectivity index (χ3n) is 8.58. The fourth-order valence-electron chi connectivity index (χ4n) is 6.00. The molecule has 0 aliphatic carbocycles. The van der Waals surface area contributed by atoms with Gasteiger partial charge < -0.3 is 60.1 Å². The van der Waals surface area contributed by atoms with Crippen molar-refractivity contribution in [2.75, 3.05) is 0 Å². The summed E-state index contributed by atoms with van der Waals surface area (Å²) in [4.78, 5) is 24.4. The number of esters is 1. The molecule has 0 aromatic rings. The van der Waals surface area contributed by atoms with Crippen LogP contribution in [-0.4, -0.2) is 122 Å². The third-order valence-corrected chi connectivity index (χ3v) is 8.58. The molecule has 0 aromatic carbocycles. The summed E-state index contributed by atoms with van der Waals surface area (Å²) < 4.78 is 28.5. The quantitative estimate of drug-likeness (QED) is 0.157. The van der Waals surface area contributed by atoms with Crippen LogP contribution in [0.25, 0.3) is 0 Å². The smallest absolute Gasteiger partial charge is 0.330 e. The van der Waals surface area contributed by atoms with Crippen molar-refractivity contribution >= 4 is 11.9 Å². The first-order chi connectivity index (χ1) is 22.3. The van der Waals surface area contributed by atoms with Crippen LogP contribution in [0.4, 0.5) is 0 Å². The summed E-state index contributed by atoms with van der Waals surface area (Å²) in [6, 6.07) is -1.08. The molecule has 0 amide bonds. The van der Waals surface area contributed by atoms with Crippen LogP contribution in [0, 0.1) is 5.92 Å². The van der Waals surface area contributed by atoms with Gasteiger partial charge in [-0.2, -0.15) is 0 Å². The molecule has 2 bridgehead atoms. The molecule has 3 unspecified atom stereocenters. The highest BCUT2D eigenvalue weighted by molar-refractivity contribution is 5.82. The molecule has 14 heteroatoms. The van der Waals surface area contributed by atoms with Crippen molar-refractivity contribution in [1.82, 2.24) is 0 Å². The van der Waals surface area contributed by atoms with E-state index in [1.807, 2.05) is 6.08 Å². The maximum absolute atomic E-state index is 12.3. The topological polar surface area (TPSA) is 231 Å². The first-order valence-corrected chi connectivity index (χ1v) is 15.9. The summed E-state index contributed by atoms with van der Waals surface area (Å²) >= 11 is 0. The zero-order valence-electron chi connectivity index (χ0n) is 26.4. The summed E-state index contributed by atoms with van der Waals surface area (Å²) in [5.74, 6) is -5.45. The number of hydrogen-bond donors (Lipinski definition) is 7. The second kappa shape index (κ2) is 16.6. The molecule has 14 atom stereocenters. The Morgan fingerprint density at radius 3 is 2.36 bits per heavy atom. The maximum atomic E-state index is 12.3. The Hall–Kier alpha value is -2.76. The highest BCUT2D eigenvalue weighted by Gasteiger charge is 2.51. The lowest BCUT2D eigenvalue weighted by Crippen LogP contribution is -2.61. The number of aliphatic carboxylic acids is 1. The van der Waals surface area contributed by atoms with E-state index >= 15 is 0 Å². The molecule has 0 radical (unpaired) electrons. The molecule has 3 saturated heterocycles. The molecule has 47 heavy (non-hydrogen) atoms. The van der Waals surface area contributed by atoms with Crippen molar-refractivity contribution in [3.8, 4) is 0 Å². The van der Waals surface area contributed by atoms with Gasteiger partial charge in [0.15, 0.2) is 12.1 Å². The average molecular weight is 666 g/mol. The molecule has 262 valence electrons. The van der Waals surface area contributed by atoms with Gasteiger partial charge in [-0.05, 0) is 19.9 Å². The molecule has 14 nitrogen and oxygen atoms in total. The number of rotatable bonds is 3. The van der Waals surface area contributed by atoms with Crippen LogP contribution < -0.4 is 5.73 Å². The van der Waals surface area contributed by atoms with Crippen molar-refractivity contribution < 1.29 is 63.9 Å². The number of hydrogen-bond acceptors (Lipinski definition) is 13. The number of ether oxygens (including phenoxy) is 5. The largest absolute Gasteiger partial charge is 0.481 e. The van der Waals surface area contributed by atoms with E-state index < -0.39 is 97.3 Å². The van der Waals surface area contributed by atoms with E-state index in [0.717, 1.165) is 0 Å². The number of fused-ring (bicyclic) bond motifs is 3. The Morgan fingerprint density at radius 1 is 0.936 bits per heavy atom.